The molecule has 1 aliphatic heterocycles. The van der Waals surface area contributed by atoms with E-state index in [0.29, 0.717) is 54.2 Å². The quantitative estimate of drug-likeness (QED) is 0.0192. The standard InChI is InChI=1S/C69H85F2N15O18S2/c1-6-22-73-67(94)80-49-12-10-14-53(37-49)106(98,99)84-50-13-9-11-45(34-50)56(39-61(89)90)82-69(96)79-48-18-16-47(17-19-48)78-68(95)74-23-27-101-29-31-102-30-28-100-26-21-60(88)76-42(2)65(93)86(4)43(3)63(91)81-57(38-59(72)87)64(92)85-105(5,97)41-44-32-51-36-52(33-44)103-24-7-8-25-104-58-35-46(70)15-20-54(58)62-55(71)40-75-66(77-51)83-62/h9-20,32-37,40,42-43,56-57,84H,6-8,21-31,38-39,41H2,1-5H3,(H2,72,87)(H,76,88)(H,81,91)(H,89,90)(H2,73,80,94)(H2,74,78,95)(H,75,77,83)(H2,79,82,96). The lowest BCUT2D eigenvalue weighted by molar-refractivity contribution is -0.141. The van der Waals surface area contributed by atoms with Crippen molar-refractivity contribution >= 4 is 108 Å². The van der Waals surface area contributed by atoms with Gasteiger partial charge in [0, 0.05) is 78.9 Å². The number of anilines is 6. The SMILES string of the molecule is CCCNC(=O)Nc1cccc(S(=O)(=O)Nc2cccc(C(CC(=O)O)NC(=O)Nc3ccc(NC(=O)NCCOCCOCCOCCC(=O)NC(C)C(=O)N(C)C(C)C(=O)NC(CC(N)=O)C(=O)N=S(C)(=O)Cc4cc5cc(c4)OCCCCOc4cc(F)ccc4-c4nc(ncc4F)N5)cc3)c2)c1. The third-order valence-electron chi connectivity index (χ3n) is 15.3. The first-order valence-electron chi connectivity index (χ1n) is 33.4. The van der Waals surface area contributed by atoms with E-state index in [9.17, 15) is 65.3 Å². The summed E-state index contributed by atoms with van der Waals surface area (Å²) in [5.41, 5.74) is 7.40. The Balaban J connectivity index is 0.758. The number of carboxylic acid groups (broad SMARTS) is 1. The van der Waals surface area contributed by atoms with Crippen molar-refractivity contribution in [3.05, 3.63) is 138 Å². The van der Waals surface area contributed by atoms with Gasteiger partial charge in [-0.1, -0.05) is 25.1 Å². The summed E-state index contributed by atoms with van der Waals surface area (Å²) in [7, 11) is -6.40. The molecule has 33 nitrogen and oxygen atoms in total. The lowest BCUT2D eigenvalue weighted by atomic mass is 10.0. The van der Waals surface area contributed by atoms with Crippen LogP contribution in [-0.2, 0) is 68.5 Å². The highest BCUT2D eigenvalue weighted by Gasteiger charge is 2.32. The lowest BCUT2D eigenvalue weighted by Gasteiger charge is -2.28. The highest BCUT2D eigenvalue weighted by Crippen LogP contribution is 2.34. The predicted molar refractivity (Wildman–Crippen MR) is 387 cm³/mol. The number of amides is 11. The summed E-state index contributed by atoms with van der Waals surface area (Å²) in [5.74, 6) is -6.95. The second kappa shape index (κ2) is 40.2. The molecule has 0 radical (unpaired) electrons. The van der Waals surface area contributed by atoms with Crippen molar-refractivity contribution in [2.45, 2.75) is 94.1 Å². The maximum Gasteiger partial charge on any atom is 0.319 e. The third kappa shape index (κ3) is 27.2. The molecule has 6 aromatic rings. The number of hydrogen-bond donors (Lipinski definition) is 12. The Labute approximate surface area is 610 Å². The molecule has 0 aliphatic carbocycles. The fourth-order valence-corrected chi connectivity index (χ4v) is 12.5. The number of benzene rings is 5. The van der Waals surface area contributed by atoms with Crippen molar-refractivity contribution in [3.8, 4) is 22.8 Å². The van der Waals surface area contributed by atoms with Crippen LogP contribution in [0.15, 0.2) is 125 Å². The smallest absolute Gasteiger partial charge is 0.319 e. The number of aromatic nitrogens is 2. The third-order valence-corrected chi connectivity index (χ3v) is 18.2. The lowest BCUT2D eigenvalue weighted by Crippen LogP contribution is -2.55. The first-order valence-corrected chi connectivity index (χ1v) is 36.9. The van der Waals surface area contributed by atoms with Crippen molar-refractivity contribution in [3.63, 3.8) is 0 Å². The van der Waals surface area contributed by atoms with E-state index in [2.05, 4.69) is 66.9 Å². The number of ether oxygens (including phenoxy) is 5. The number of urea groups is 3. The van der Waals surface area contributed by atoms with Gasteiger partial charge in [0.15, 0.2) is 5.82 Å². The fourth-order valence-electron chi connectivity index (χ4n) is 10.1. The van der Waals surface area contributed by atoms with Gasteiger partial charge in [-0.2, -0.15) is 4.36 Å². The zero-order chi connectivity index (χ0) is 76.9. The molecule has 1 aliphatic rings. The van der Waals surface area contributed by atoms with E-state index in [0.717, 1.165) is 23.2 Å². The summed E-state index contributed by atoms with van der Waals surface area (Å²) in [4.78, 5) is 125. The number of carbonyl (C=O) groups excluding carboxylic acids is 8. The second-order valence-corrected chi connectivity index (χ2v) is 28.1. The van der Waals surface area contributed by atoms with Gasteiger partial charge in [-0.05, 0) is 123 Å². The van der Waals surface area contributed by atoms with Gasteiger partial charge in [-0.25, -0.2) is 45.8 Å². The number of nitrogens with two attached hydrogens (primary N) is 1. The van der Waals surface area contributed by atoms with Crippen LogP contribution in [0.2, 0.25) is 0 Å². The van der Waals surface area contributed by atoms with Gasteiger partial charge in [0.25, 0.3) is 15.9 Å². The number of nitrogens with one attached hydrogen (secondary N) is 10. The zero-order valence-corrected chi connectivity index (χ0v) is 60.3. The van der Waals surface area contributed by atoms with Crippen molar-refractivity contribution in [2.75, 3.05) is 105 Å². The topological polar surface area (TPSA) is 459 Å². The van der Waals surface area contributed by atoms with E-state index in [1.165, 1.54) is 106 Å². The Morgan fingerprint density at radius 2 is 1.36 bits per heavy atom. The molecule has 0 fully saturated rings. The minimum absolute atomic E-state index is 0.0319. The van der Waals surface area contributed by atoms with Crippen LogP contribution in [0.4, 0.5) is 57.5 Å². The first kappa shape index (κ1) is 82.1. The summed E-state index contributed by atoms with van der Waals surface area (Å²) in [6.07, 6.45) is 2.36. The Kier molecular flexibility index (Phi) is 31.2. The van der Waals surface area contributed by atoms with E-state index < -0.39 is 122 Å². The van der Waals surface area contributed by atoms with Crippen molar-refractivity contribution in [1.82, 2.24) is 41.5 Å². The van der Waals surface area contributed by atoms with Crippen LogP contribution in [0, 0.1) is 11.6 Å². The Morgan fingerprint density at radius 3 is 2.05 bits per heavy atom. The molecule has 106 heavy (non-hydrogen) atoms. The number of carbonyl (C=O) groups is 9. The Bertz CT molecular complexity index is 4360. The molecule has 1 aromatic heterocycles. The molecule has 5 aromatic carbocycles. The summed E-state index contributed by atoms with van der Waals surface area (Å²) < 4.78 is 105. The number of carboxylic acids is 1. The van der Waals surface area contributed by atoms with E-state index in [1.54, 1.807) is 18.2 Å². The molecule has 570 valence electrons. The molecule has 0 saturated carbocycles. The minimum atomic E-state index is -4.19. The highest BCUT2D eigenvalue weighted by atomic mass is 32.2. The largest absolute Gasteiger partial charge is 0.494 e. The fraction of sp³-hybridized carbons (Fsp3) is 0.377. The summed E-state index contributed by atoms with van der Waals surface area (Å²) in [5, 5.41) is 33.3. The van der Waals surface area contributed by atoms with Crippen LogP contribution in [0.25, 0.3) is 11.3 Å². The zero-order valence-electron chi connectivity index (χ0n) is 58.6. The maximum absolute atomic E-state index is 15.2. The molecule has 0 spiro atoms. The highest BCUT2D eigenvalue weighted by molar-refractivity contribution is 7.93. The van der Waals surface area contributed by atoms with Crippen molar-refractivity contribution in [2.24, 2.45) is 10.1 Å². The van der Waals surface area contributed by atoms with Gasteiger partial charge in [-0.15, -0.1) is 0 Å². The number of halogens is 2. The molecular formula is C69H85F2N15O18S2. The molecular weight excluding hydrogens is 1430 g/mol. The maximum atomic E-state index is 15.2. The molecule has 0 saturated heterocycles. The average Bonchev–Trinajstić information content (AvgIpc) is 0.844. The number of rotatable bonds is 34. The van der Waals surface area contributed by atoms with Crippen LogP contribution in [-0.4, -0.2) is 184 Å². The van der Waals surface area contributed by atoms with Gasteiger partial charge in [0.1, 0.15) is 41.1 Å². The molecule has 7 rings (SSSR count). The number of fused-ring (bicyclic) bond motifs is 6. The van der Waals surface area contributed by atoms with Gasteiger partial charge in [0.05, 0.1) is 98.3 Å². The molecule has 4 bridgehead atoms. The molecule has 5 unspecified atom stereocenters. The second-order valence-electron chi connectivity index (χ2n) is 24.0. The number of aliphatic carboxylic acids is 1. The number of nitrogens with zero attached hydrogens (tertiary/aromatic N) is 4. The predicted octanol–water partition coefficient (Wildman–Crippen LogP) is 6.48. The van der Waals surface area contributed by atoms with E-state index in [4.69, 9.17) is 29.4 Å². The van der Waals surface area contributed by atoms with Gasteiger partial charge >= 0.3 is 24.1 Å². The van der Waals surface area contributed by atoms with Crippen LogP contribution < -0.4 is 67.8 Å². The molecule has 13 N–H and O–H groups in total. The van der Waals surface area contributed by atoms with Crippen LogP contribution in [0.3, 0.4) is 0 Å². The van der Waals surface area contributed by atoms with E-state index in [-0.39, 0.29) is 116 Å². The number of sulfonamides is 1. The summed E-state index contributed by atoms with van der Waals surface area (Å²) in [6.45, 7) is 6.26. The molecule has 37 heteroatoms. The molecule has 5 atom stereocenters. The normalized spacial score (nSPS) is 13.6. The molecule has 11 amide bonds. The summed E-state index contributed by atoms with van der Waals surface area (Å²) >= 11 is 0. The van der Waals surface area contributed by atoms with Crippen LogP contribution in [0.1, 0.15) is 76.5 Å². The van der Waals surface area contributed by atoms with Gasteiger partial charge in [0.2, 0.25) is 29.6 Å². The van der Waals surface area contributed by atoms with Crippen LogP contribution in [0.5, 0.6) is 11.5 Å². The van der Waals surface area contributed by atoms with E-state index >= 15 is 4.39 Å². The average molecular weight is 1510 g/mol. The van der Waals surface area contributed by atoms with Crippen molar-refractivity contribution in [1.29, 1.82) is 0 Å². The van der Waals surface area contributed by atoms with Crippen LogP contribution >= 0.6 is 0 Å². The number of primary amides is 1. The summed E-state index contributed by atoms with van der Waals surface area (Å²) in [6, 6.07) is 18.8. The van der Waals surface area contributed by atoms with E-state index in [1.807, 2.05) is 6.92 Å². The monoisotopic (exact) mass is 1510 g/mol. The van der Waals surface area contributed by atoms with Gasteiger partial charge < -0.3 is 87.3 Å². The van der Waals surface area contributed by atoms with Gasteiger partial charge in [-0.3, -0.25) is 33.5 Å². The van der Waals surface area contributed by atoms with Crippen molar-refractivity contribution < 1.29 is 93.3 Å². The Morgan fingerprint density at radius 1 is 0.717 bits per heavy atom. The molecule has 2 heterocycles. The number of likely N-dealkylation sites (N-methyl/N-ethyl adjacent to an activating group) is 1. The number of hydrogen-bond acceptors (Lipinski definition) is 20. The first-order chi connectivity index (χ1) is 50.5. The minimum Gasteiger partial charge on any atom is -0.494 e. The Hall–Kier alpha value is -11.2.